The van der Waals surface area contributed by atoms with Gasteiger partial charge in [-0.1, -0.05) is 0 Å². The molecule has 1 heterocycles. The van der Waals surface area contributed by atoms with Crippen LogP contribution in [0.25, 0.3) is 0 Å². The molecule has 0 radical (unpaired) electrons. The molecule has 2 fully saturated rings. The van der Waals surface area contributed by atoms with Gasteiger partial charge in [-0.15, -0.1) is 0 Å². The standard InChI is InChI=1S/C10H18O3/c1-3-11-9(12-4-2)10(5-6-10)8-7-13-8/h8-9H,3-7H2,1-2H3. The zero-order valence-electron chi connectivity index (χ0n) is 8.41. The van der Waals surface area contributed by atoms with Gasteiger partial charge >= 0.3 is 0 Å². The second kappa shape index (κ2) is 3.56. The Balaban J connectivity index is 1.92. The molecule has 0 aromatic carbocycles. The molecule has 0 N–H and O–H groups in total. The van der Waals surface area contributed by atoms with Crippen molar-refractivity contribution in [2.45, 2.75) is 39.1 Å². The Labute approximate surface area is 79.4 Å². The van der Waals surface area contributed by atoms with Crippen LogP contribution in [0.1, 0.15) is 26.7 Å². The molecule has 3 heteroatoms. The second-order valence-corrected chi connectivity index (χ2v) is 3.80. The maximum Gasteiger partial charge on any atom is 0.165 e. The molecule has 2 rings (SSSR count). The van der Waals surface area contributed by atoms with E-state index < -0.39 is 0 Å². The van der Waals surface area contributed by atoms with Gasteiger partial charge in [0, 0.05) is 18.6 Å². The minimum absolute atomic E-state index is 0.0324. The largest absolute Gasteiger partial charge is 0.372 e. The number of ether oxygens (including phenoxy) is 3. The molecule has 0 aromatic heterocycles. The Morgan fingerprint density at radius 2 is 1.85 bits per heavy atom. The van der Waals surface area contributed by atoms with E-state index in [1.165, 1.54) is 12.8 Å². The van der Waals surface area contributed by atoms with E-state index in [9.17, 15) is 0 Å². The van der Waals surface area contributed by atoms with Crippen LogP contribution in [0.5, 0.6) is 0 Å². The maximum atomic E-state index is 5.61. The van der Waals surface area contributed by atoms with Gasteiger partial charge in [0.05, 0.1) is 12.7 Å². The molecule has 1 aliphatic heterocycles. The van der Waals surface area contributed by atoms with Crippen LogP contribution in [-0.2, 0) is 14.2 Å². The lowest BCUT2D eigenvalue weighted by molar-refractivity contribution is -0.180. The topological polar surface area (TPSA) is 31.0 Å². The third-order valence-corrected chi connectivity index (χ3v) is 2.91. The molecule has 1 saturated heterocycles. The van der Waals surface area contributed by atoms with E-state index in [1.807, 2.05) is 13.8 Å². The first-order valence-corrected chi connectivity index (χ1v) is 5.18. The van der Waals surface area contributed by atoms with Crippen molar-refractivity contribution < 1.29 is 14.2 Å². The lowest BCUT2D eigenvalue weighted by Gasteiger charge is -2.24. The van der Waals surface area contributed by atoms with Gasteiger partial charge in [0.2, 0.25) is 0 Å². The monoisotopic (exact) mass is 186 g/mol. The van der Waals surface area contributed by atoms with Gasteiger partial charge in [-0.25, -0.2) is 0 Å². The summed E-state index contributed by atoms with van der Waals surface area (Å²) in [5.74, 6) is 0. The van der Waals surface area contributed by atoms with Crippen LogP contribution < -0.4 is 0 Å². The summed E-state index contributed by atoms with van der Waals surface area (Å²) in [6, 6.07) is 0. The molecule has 0 spiro atoms. The van der Waals surface area contributed by atoms with Crippen LogP contribution in [0.3, 0.4) is 0 Å². The van der Waals surface area contributed by atoms with Gasteiger partial charge < -0.3 is 14.2 Å². The van der Waals surface area contributed by atoms with Gasteiger partial charge in [0.25, 0.3) is 0 Å². The predicted octanol–water partition coefficient (Wildman–Crippen LogP) is 1.56. The predicted molar refractivity (Wildman–Crippen MR) is 48.4 cm³/mol. The Bertz CT molecular complexity index is 167. The molecular formula is C10H18O3. The summed E-state index contributed by atoms with van der Waals surface area (Å²) in [5, 5.41) is 0. The van der Waals surface area contributed by atoms with Gasteiger partial charge in [0.15, 0.2) is 6.29 Å². The number of hydrogen-bond acceptors (Lipinski definition) is 3. The van der Waals surface area contributed by atoms with Crippen LogP contribution >= 0.6 is 0 Å². The minimum atomic E-state index is -0.0324. The van der Waals surface area contributed by atoms with Crippen molar-refractivity contribution in [2.24, 2.45) is 5.41 Å². The Kier molecular flexibility index (Phi) is 2.58. The molecule has 0 bridgehead atoms. The van der Waals surface area contributed by atoms with Crippen molar-refractivity contribution in [2.75, 3.05) is 19.8 Å². The highest BCUT2D eigenvalue weighted by molar-refractivity contribution is 5.06. The second-order valence-electron chi connectivity index (χ2n) is 3.80. The molecule has 13 heavy (non-hydrogen) atoms. The highest BCUT2D eigenvalue weighted by atomic mass is 16.7. The van der Waals surface area contributed by atoms with E-state index in [1.54, 1.807) is 0 Å². The highest BCUT2D eigenvalue weighted by Gasteiger charge is 2.61. The lowest BCUT2D eigenvalue weighted by Crippen LogP contribution is -2.32. The maximum absolute atomic E-state index is 5.61. The van der Waals surface area contributed by atoms with Gasteiger partial charge in [-0.3, -0.25) is 0 Å². The normalized spacial score (nSPS) is 29.3. The molecule has 1 atom stereocenters. The van der Waals surface area contributed by atoms with Crippen molar-refractivity contribution in [3.05, 3.63) is 0 Å². The third kappa shape index (κ3) is 1.73. The minimum Gasteiger partial charge on any atom is -0.372 e. The Morgan fingerprint density at radius 3 is 2.15 bits per heavy atom. The van der Waals surface area contributed by atoms with Gasteiger partial charge in [-0.2, -0.15) is 0 Å². The molecule has 1 saturated carbocycles. The molecule has 76 valence electrons. The first-order valence-electron chi connectivity index (χ1n) is 5.18. The average molecular weight is 186 g/mol. The molecule has 3 nitrogen and oxygen atoms in total. The average Bonchev–Trinajstić information content (AvgIpc) is 2.97. The van der Waals surface area contributed by atoms with Crippen LogP contribution in [0.4, 0.5) is 0 Å². The van der Waals surface area contributed by atoms with Crippen molar-refractivity contribution >= 4 is 0 Å². The summed E-state index contributed by atoms with van der Waals surface area (Å²) in [7, 11) is 0. The fourth-order valence-electron chi connectivity index (χ4n) is 1.92. The zero-order valence-corrected chi connectivity index (χ0v) is 8.41. The van der Waals surface area contributed by atoms with Crippen molar-refractivity contribution in [1.29, 1.82) is 0 Å². The van der Waals surface area contributed by atoms with E-state index in [0.29, 0.717) is 6.10 Å². The molecular weight excluding hydrogens is 168 g/mol. The molecule has 0 amide bonds. The third-order valence-electron chi connectivity index (χ3n) is 2.91. The lowest BCUT2D eigenvalue weighted by atomic mass is 10.0. The smallest absolute Gasteiger partial charge is 0.165 e. The zero-order chi connectivity index (χ0) is 9.31. The SMILES string of the molecule is CCOC(OCC)C1(C2CO2)CC1. The van der Waals surface area contributed by atoms with E-state index in [2.05, 4.69) is 0 Å². The van der Waals surface area contributed by atoms with Crippen molar-refractivity contribution in [3.63, 3.8) is 0 Å². The van der Waals surface area contributed by atoms with Gasteiger partial charge in [0.1, 0.15) is 0 Å². The van der Waals surface area contributed by atoms with Crippen molar-refractivity contribution in [1.82, 2.24) is 0 Å². The highest BCUT2D eigenvalue weighted by Crippen LogP contribution is 2.57. The first-order chi connectivity index (χ1) is 6.33. The molecule has 1 unspecified atom stereocenters. The summed E-state index contributed by atoms with van der Waals surface area (Å²) < 4.78 is 16.6. The fraction of sp³-hybridized carbons (Fsp3) is 1.00. The first kappa shape index (κ1) is 9.44. The van der Waals surface area contributed by atoms with E-state index >= 15 is 0 Å². The molecule has 2 aliphatic rings. The van der Waals surface area contributed by atoms with Crippen LogP contribution in [0.15, 0.2) is 0 Å². The molecule has 1 aliphatic carbocycles. The van der Waals surface area contributed by atoms with Crippen LogP contribution in [0, 0.1) is 5.41 Å². The summed E-state index contributed by atoms with van der Waals surface area (Å²) in [4.78, 5) is 0. The number of rotatable bonds is 6. The van der Waals surface area contributed by atoms with E-state index in [4.69, 9.17) is 14.2 Å². The fourth-order valence-corrected chi connectivity index (χ4v) is 1.92. The molecule has 0 aromatic rings. The Hall–Kier alpha value is -0.120. The number of epoxide rings is 1. The van der Waals surface area contributed by atoms with Crippen molar-refractivity contribution in [3.8, 4) is 0 Å². The van der Waals surface area contributed by atoms with Crippen LogP contribution in [-0.4, -0.2) is 32.2 Å². The Morgan fingerprint density at radius 1 is 1.31 bits per heavy atom. The summed E-state index contributed by atoms with van der Waals surface area (Å²) in [5.41, 5.74) is 0.214. The van der Waals surface area contributed by atoms with E-state index in [-0.39, 0.29) is 11.7 Å². The number of hydrogen-bond donors (Lipinski definition) is 0. The summed E-state index contributed by atoms with van der Waals surface area (Å²) in [6.07, 6.45) is 2.77. The summed E-state index contributed by atoms with van der Waals surface area (Å²) >= 11 is 0. The van der Waals surface area contributed by atoms with E-state index in [0.717, 1.165) is 19.8 Å². The van der Waals surface area contributed by atoms with Gasteiger partial charge in [-0.05, 0) is 26.7 Å². The summed E-state index contributed by atoms with van der Waals surface area (Å²) in [6.45, 7) is 6.36. The quantitative estimate of drug-likeness (QED) is 0.466. The van der Waals surface area contributed by atoms with Crippen LogP contribution in [0.2, 0.25) is 0 Å².